The van der Waals surface area contributed by atoms with Crippen LogP contribution < -0.4 is 0 Å². The molecule has 0 bridgehead atoms. The average Bonchev–Trinajstić information content (AvgIpc) is 3.20. The Bertz CT molecular complexity index is 861. The lowest BCUT2D eigenvalue weighted by atomic mass is 10.0. The Balaban J connectivity index is 3.98. The number of unbranched alkanes of at least 4 members (excludes halogenated alkanes) is 34. The number of ether oxygens (including phenoxy) is 2. The summed E-state index contributed by atoms with van der Waals surface area (Å²) in [5.41, 5.74) is 0. The number of aliphatic hydroxyl groups is 2. The molecular formula is C47H95O9P. The summed E-state index contributed by atoms with van der Waals surface area (Å²) in [6.07, 6.45) is 45.0. The van der Waals surface area contributed by atoms with Gasteiger partial charge in [0.15, 0.2) is 0 Å². The molecule has 0 aliphatic rings. The predicted octanol–water partition coefficient (Wildman–Crippen LogP) is 13.9. The van der Waals surface area contributed by atoms with Crippen molar-refractivity contribution in [1.82, 2.24) is 0 Å². The molecule has 0 amide bonds. The number of esters is 1. The van der Waals surface area contributed by atoms with Crippen molar-refractivity contribution in [1.29, 1.82) is 0 Å². The molecule has 3 atom stereocenters. The predicted molar refractivity (Wildman–Crippen MR) is 238 cm³/mol. The van der Waals surface area contributed by atoms with Crippen molar-refractivity contribution in [2.24, 2.45) is 0 Å². The molecule has 3 unspecified atom stereocenters. The Kier molecular flexibility index (Phi) is 44.6. The first-order valence-electron chi connectivity index (χ1n) is 24.5. The number of phosphoric ester groups is 1. The van der Waals surface area contributed by atoms with E-state index in [1.165, 1.54) is 199 Å². The SMILES string of the molecule is CCCCCCCCCCCCCCCCCCCCCCCCCC(=O)OC(COCCCCCCCCCCCCCCC)COP(=O)(O)OCC(O)CO. The van der Waals surface area contributed by atoms with Gasteiger partial charge in [0.05, 0.1) is 26.4 Å². The normalized spacial score (nSPS) is 13.8. The molecule has 342 valence electrons. The van der Waals surface area contributed by atoms with Gasteiger partial charge in [-0.15, -0.1) is 0 Å². The monoisotopic (exact) mass is 835 g/mol. The van der Waals surface area contributed by atoms with Crippen molar-refractivity contribution >= 4 is 13.8 Å². The van der Waals surface area contributed by atoms with Crippen LogP contribution in [0.4, 0.5) is 0 Å². The molecule has 0 aromatic rings. The van der Waals surface area contributed by atoms with Gasteiger partial charge in [-0.05, 0) is 12.8 Å². The van der Waals surface area contributed by atoms with Gasteiger partial charge in [0.25, 0.3) is 0 Å². The standard InChI is InChI=1S/C47H95O9P/c1-3-5-7-9-11-13-15-17-18-19-20-21-22-23-24-25-26-27-29-31-33-35-37-39-47(50)56-46(44-55-57(51,52)54-42-45(49)41-48)43-53-40-38-36-34-32-30-28-16-14-12-10-8-6-4-2/h45-46,48-49H,3-44H2,1-2H3,(H,51,52). The second-order valence-electron chi connectivity index (χ2n) is 16.9. The maximum absolute atomic E-state index is 12.7. The Labute approximate surface area is 352 Å². The van der Waals surface area contributed by atoms with Gasteiger partial charge in [0.1, 0.15) is 12.2 Å². The molecule has 57 heavy (non-hydrogen) atoms. The molecule has 0 fully saturated rings. The lowest BCUT2D eigenvalue weighted by molar-refractivity contribution is -0.154. The third kappa shape index (κ3) is 44.8. The fourth-order valence-corrected chi connectivity index (χ4v) is 8.09. The van der Waals surface area contributed by atoms with E-state index in [9.17, 15) is 19.4 Å². The zero-order valence-corrected chi connectivity index (χ0v) is 38.5. The Morgan fingerprint density at radius 3 is 1.14 bits per heavy atom. The number of carbonyl (C=O) groups excluding carboxylic acids is 1. The van der Waals surface area contributed by atoms with E-state index in [2.05, 4.69) is 13.8 Å². The zero-order chi connectivity index (χ0) is 41.8. The summed E-state index contributed by atoms with van der Waals surface area (Å²) in [5, 5.41) is 18.4. The highest BCUT2D eigenvalue weighted by atomic mass is 31.2. The number of hydrogen-bond acceptors (Lipinski definition) is 8. The van der Waals surface area contributed by atoms with Crippen LogP contribution in [0.25, 0.3) is 0 Å². The minimum absolute atomic E-state index is 0.0582. The van der Waals surface area contributed by atoms with Crippen LogP contribution in [0.15, 0.2) is 0 Å². The van der Waals surface area contributed by atoms with Crippen molar-refractivity contribution < 1.29 is 43.0 Å². The van der Waals surface area contributed by atoms with Crippen LogP contribution in [0.1, 0.15) is 251 Å². The third-order valence-electron chi connectivity index (χ3n) is 11.0. The van der Waals surface area contributed by atoms with E-state index in [4.69, 9.17) is 23.6 Å². The third-order valence-corrected chi connectivity index (χ3v) is 12.0. The second kappa shape index (κ2) is 45.0. The number of carbonyl (C=O) groups is 1. The van der Waals surface area contributed by atoms with Crippen molar-refractivity contribution in [2.75, 3.05) is 33.0 Å². The zero-order valence-electron chi connectivity index (χ0n) is 37.6. The highest BCUT2D eigenvalue weighted by Gasteiger charge is 2.26. The van der Waals surface area contributed by atoms with Crippen LogP contribution in [0.2, 0.25) is 0 Å². The van der Waals surface area contributed by atoms with Gasteiger partial charge in [-0.3, -0.25) is 13.8 Å². The largest absolute Gasteiger partial charge is 0.472 e. The smallest absolute Gasteiger partial charge is 0.457 e. The van der Waals surface area contributed by atoms with E-state index in [1.54, 1.807) is 0 Å². The number of phosphoric acid groups is 1. The van der Waals surface area contributed by atoms with E-state index >= 15 is 0 Å². The topological polar surface area (TPSA) is 132 Å². The van der Waals surface area contributed by atoms with Gasteiger partial charge in [-0.2, -0.15) is 0 Å². The van der Waals surface area contributed by atoms with E-state index in [-0.39, 0.29) is 25.6 Å². The van der Waals surface area contributed by atoms with Gasteiger partial charge in [0, 0.05) is 13.0 Å². The number of hydrogen-bond donors (Lipinski definition) is 3. The van der Waals surface area contributed by atoms with Gasteiger partial charge in [-0.1, -0.05) is 232 Å². The highest BCUT2D eigenvalue weighted by molar-refractivity contribution is 7.47. The van der Waals surface area contributed by atoms with Crippen LogP contribution in [0.3, 0.4) is 0 Å². The molecule has 0 aliphatic heterocycles. The molecule has 0 aromatic heterocycles. The minimum atomic E-state index is -4.51. The van der Waals surface area contributed by atoms with Crippen LogP contribution in [0.5, 0.6) is 0 Å². The van der Waals surface area contributed by atoms with E-state index in [0.717, 1.165) is 32.1 Å². The lowest BCUT2D eigenvalue weighted by Crippen LogP contribution is -2.29. The minimum Gasteiger partial charge on any atom is -0.457 e. The lowest BCUT2D eigenvalue weighted by Gasteiger charge is -2.20. The molecule has 0 saturated heterocycles. The van der Waals surface area contributed by atoms with Gasteiger partial charge in [0.2, 0.25) is 0 Å². The first-order chi connectivity index (χ1) is 27.8. The molecule has 3 N–H and O–H groups in total. The molecule has 0 spiro atoms. The fourth-order valence-electron chi connectivity index (χ4n) is 7.30. The van der Waals surface area contributed by atoms with Crippen LogP contribution in [-0.2, 0) is 27.9 Å². The molecule has 0 saturated carbocycles. The second-order valence-corrected chi connectivity index (χ2v) is 18.3. The summed E-state index contributed by atoms with van der Waals surface area (Å²) in [7, 11) is -4.51. The Morgan fingerprint density at radius 2 is 0.789 bits per heavy atom. The summed E-state index contributed by atoms with van der Waals surface area (Å²) < 4.78 is 33.4. The van der Waals surface area contributed by atoms with Gasteiger partial charge >= 0.3 is 13.8 Å². The average molecular weight is 835 g/mol. The van der Waals surface area contributed by atoms with Crippen LogP contribution in [-0.4, -0.2) is 66.3 Å². The number of rotatable bonds is 48. The van der Waals surface area contributed by atoms with Crippen molar-refractivity contribution in [3.63, 3.8) is 0 Å². The summed E-state index contributed by atoms with van der Waals surface area (Å²) in [6, 6.07) is 0. The summed E-state index contributed by atoms with van der Waals surface area (Å²) >= 11 is 0. The van der Waals surface area contributed by atoms with Crippen molar-refractivity contribution in [3.05, 3.63) is 0 Å². The van der Waals surface area contributed by atoms with Crippen LogP contribution in [0, 0.1) is 0 Å². The van der Waals surface area contributed by atoms with Gasteiger partial charge in [-0.25, -0.2) is 4.57 Å². The summed E-state index contributed by atoms with van der Waals surface area (Å²) in [6.45, 7) is 3.59. The Hall–Kier alpha value is -0.540. The molecule has 0 aromatic carbocycles. The number of aliphatic hydroxyl groups excluding tert-OH is 2. The molecule has 10 heteroatoms. The fraction of sp³-hybridized carbons (Fsp3) is 0.979. The molecular weight excluding hydrogens is 739 g/mol. The van der Waals surface area contributed by atoms with E-state index < -0.39 is 33.2 Å². The Morgan fingerprint density at radius 1 is 0.474 bits per heavy atom. The molecule has 0 aliphatic carbocycles. The van der Waals surface area contributed by atoms with Gasteiger partial charge < -0.3 is 24.6 Å². The van der Waals surface area contributed by atoms with Crippen molar-refractivity contribution in [2.45, 2.75) is 264 Å². The van der Waals surface area contributed by atoms with E-state index in [1.807, 2.05) is 0 Å². The first-order valence-corrected chi connectivity index (χ1v) is 26.0. The molecule has 0 rings (SSSR count). The van der Waals surface area contributed by atoms with Crippen molar-refractivity contribution in [3.8, 4) is 0 Å². The summed E-state index contributed by atoms with van der Waals surface area (Å²) in [5.74, 6) is -0.374. The van der Waals surface area contributed by atoms with Crippen LogP contribution >= 0.6 is 7.82 Å². The maximum Gasteiger partial charge on any atom is 0.472 e. The molecule has 0 heterocycles. The van der Waals surface area contributed by atoms with E-state index in [0.29, 0.717) is 6.61 Å². The summed E-state index contributed by atoms with van der Waals surface area (Å²) in [4.78, 5) is 22.6. The quantitative estimate of drug-likeness (QED) is 0.0311. The first kappa shape index (κ1) is 56.5. The maximum atomic E-state index is 12.7. The molecule has 9 nitrogen and oxygen atoms in total. The molecule has 0 radical (unpaired) electrons. The highest BCUT2D eigenvalue weighted by Crippen LogP contribution is 2.43.